The van der Waals surface area contributed by atoms with Crippen LogP contribution < -0.4 is 10.1 Å². The normalized spacial score (nSPS) is 12.4. The first kappa shape index (κ1) is 29.1. The fraction of sp³-hybridized carbons (Fsp3) is 0.290. The van der Waals surface area contributed by atoms with Crippen molar-refractivity contribution in [3.05, 3.63) is 89.0 Å². The summed E-state index contributed by atoms with van der Waals surface area (Å²) in [6.07, 6.45) is -1.02. The number of carbonyl (C=O) groups is 4. The Morgan fingerprint density at radius 1 is 0.854 bits per heavy atom. The molecule has 0 radical (unpaired) electrons. The van der Waals surface area contributed by atoms with Gasteiger partial charge in [-0.15, -0.1) is 0 Å². The highest BCUT2D eigenvalue weighted by atomic mass is 16.6. The van der Waals surface area contributed by atoms with E-state index in [0.717, 1.165) is 22.3 Å². The van der Waals surface area contributed by atoms with Gasteiger partial charge in [0.15, 0.2) is 6.61 Å². The van der Waals surface area contributed by atoms with Crippen LogP contribution in [0.1, 0.15) is 46.8 Å². The van der Waals surface area contributed by atoms with Gasteiger partial charge in [-0.1, -0.05) is 54.6 Å². The fourth-order valence-corrected chi connectivity index (χ4v) is 4.76. The van der Waals surface area contributed by atoms with Crippen LogP contribution >= 0.6 is 0 Å². The van der Waals surface area contributed by atoms with Gasteiger partial charge < -0.3 is 29.4 Å². The van der Waals surface area contributed by atoms with Crippen molar-refractivity contribution in [2.45, 2.75) is 32.2 Å². The van der Waals surface area contributed by atoms with Crippen molar-refractivity contribution in [2.24, 2.45) is 0 Å². The molecule has 3 aromatic rings. The van der Waals surface area contributed by atoms with Crippen LogP contribution in [0.4, 0.5) is 4.79 Å². The summed E-state index contributed by atoms with van der Waals surface area (Å²) in [5.41, 5.74) is 4.66. The highest BCUT2D eigenvalue weighted by Crippen LogP contribution is 2.44. The second-order valence-electron chi connectivity index (χ2n) is 9.21. The maximum absolute atomic E-state index is 12.7. The highest BCUT2D eigenvalue weighted by molar-refractivity contribution is 5.93. The average molecular weight is 562 g/mol. The molecule has 0 spiro atoms. The van der Waals surface area contributed by atoms with Gasteiger partial charge in [0.2, 0.25) is 0 Å². The highest BCUT2D eigenvalue weighted by Gasteiger charge is 2.30. The van der Waals surface area contributed by atoms with Crippen molar-refractivity contribution in [2.75, 3.05) is 26.4 Å². The van der Waals surface area contributed by atoms with E-state index in [-0.39, 0.29) is 43.5 Å². The molecular formula is C31H31NO9. The number of alkyl carbamates (subject to hydrolysis) is 1. The zero-order chi connectivity index (χ0) is 29.4. The van der Waals surface area contributed by atoms with E-state index in [1.54, 1.807) is 19.9 Å². The van der Waals surface area contributed by atoms with Gasteiger partial charge in [-0.3, -0.25) is 0 Å². The summed E-state index contributed by atoms with van der Waals surface area (Å²) in [5.74, 6) is -2.68. The van der Waals surface area contributed by atoms with Gasteiger partial charge in [0.1, 0.15) is 24.0 Å². The van der Waals surface area contributed by atoms with Crippen molar-refractivity contribution >= 4 is 24.0 Å². The summed E-state index contributed by atoms with van der Waals surface area (Å²) in [4.78, 5) is 49.0. The summed E-state index contributed by atoms with van der Waals surface area (Å²) >= 11 is 0. The van der Waals surface area contributed by atoms with E-state index in [1.165, 1.54) is 12.1 Å². The Hall–Kier alpha value is -4.86. The summed E-state index contributed by atoms with van der Waals surface area (Å²) in [6.45, 7) is 3.19. The van der Waals surface area contributed by atoms with Crippen LogP contribution in [0, 0.1) is 0 Å². The minimum Gasteiger partial charge on any atom is -0.481 e. The second-order valence-corrected chi connectivity index (χ2v) is 9.21. The molecule has 0 saturated heterocycles. The number of carboxylic acid groups (broad SMARTS) is 1. The van der Waals surface area contributed by atoms with Gasteiger partial charge in [-0.2, -0.15) is 0 Å². The lowest BCUT2D eigenvalue weighted by atomic mass is 9.98. The monoisotopic (exact) mass is 561 g/mol. The number of carboxylic acids is 1. The molecule has 0 heterocycles. The summed E-state index contributed by atoms with van der Waals surface area (Å²) < 4.78 is 20.9. The Morgan fingerprint density at radius 2 is 1.49 bits per heavy atom. The molecule has 0 bridgehead atoms. The molecule has 0 saturated carbocycles. The third-order valence-corrected chi connectivity index (χ3v) is 6.56. The number of nitrogens with one attached hydrogen (secondary N) is 1. The Kier molecular flexibility index (Phi) is 9.57. The molecule has 0 unspecified atom stereocenters. The molecule has 10 nitrogen and oxygen atoms in total. The number of ether oxygens (including phenoxy) is 4. The predicted molar refractivity (Wildman–Crippen MR) is 148 cm³/mol. The van der Waals surface area contributed by atoms with Crippen LogP contribution in [0.25, 0.3) is 11.1 Å². The third kappa shape index (κ3) is 7.02. The molecule has 0 aromatic heterocycles. The van der Waals surface area contributed by atoms with Crippen LogP contribution in [0.15, 0.2) is 66.7 Å². The minimum atomic E-state index is -1.34. The van der Waals surface area contributed by atoms with Crippen molar-refractivity contribution in [1.29, 1.82) is 0 Å². The molecule has 1 aliphatic rings. The van der Waals surface area contributed by atoms with Crippen LogP contribution in [-0.2, 0) is 30.2 Å². The molecule has 1 atom stereocenters. The summed E-state index contributed by atoms with van der Waals surface area (Å²) in [6, 6.07) is 18.8. The minimum absolute atomic E-state index is 0.0129. The predicted octanol–water partition coefficient (Wildman–Crippen LogP) is 4.34. The number of carbonyl (C=O) groups excluding carboxylic acids is 3. The van der Waals surface area contributed by atoms with Gasteiger partial charge in [0.05, 0.1) is 13.2 Å². The molecule has 4 rings (SSSR count). The fourth-order valence-electron chi connectivity index (χ4n) is 4.76. The SMILES string of the molecule is CCOC(=O)COc1ccc(C[C@H](NC(=O)OCC2c3ccccc3-c3ccccc32)C(=O)O)cc1C(=O)OCC. The Labute approximate surface area is 237 Å². The van der Waals surface area contributed by atoms with Crippen molar-refractivity contribution < 1.29 is 43.2 Å². The van der Waals surface area contributed by atoms with Gasteiger partial charge in [0.25, 0.3) is 0 Å². The number of fused-ring (bicyclic) bond motifs is 3. The van der Waals surface area contributed by atoms with Gasteiger partial charge in [0, 0.05) is 12.3 Å². The second kappa shape index (κ2) is 13.5. The molecule has 0 fully saturated rings. The van der Waals surface area contributed by atoms with Crippen molar-refractivity contribution in [3.8, 4) is 16.9 Å². The zero-order valence-electron chi connectivity index (χ0n) is 22.8. The van der Waals surface area contributed by atoms with E-state index in [4.69, 9.17) is 18.9 Å². The number of esters is 2. The Balaban J connectivity index is 1.43. The van der Waals surface area contributed by atoms with E-state index in [0.29, 0.717) is 5.56 Å². The lowest BCUT2D eigenvalue weighted by Gasteiger charge is -2.18. The first-order valence-electron chi connectivity index (χ1n) is 13.2. The van der Waals surface area contributed by atoms with Gasteiger partial charge >= 0.3 is 24.0 Å². The van der Waals surface area contributed by atoms with E-state index in [9.17, 15) is 24.3 Å². The lowest BCUT2D eigenvalue weighted by Crippen LogP contribution is -2.43. The van der Waals surface area contributed by atoms with E-state index in [1.807, 2.05) is 48.5 Å². The van der Waals surface area contributed by atoms with Crippen molar-refractivity contribution in [1.82, 2.24) is 5.32 Å². The van der Waals surface area contributed by atoms with Crippen LogP contribution in [0.5, 0.6) is 5.75 Å². The molecular weight excluding hydrogens is 530 g/mol. The number of rotatable bonds is 12. The molecule has 0 aliphatic heterocycles. The Morgan fingerprint density at radius 3 is 2.10 bits per heavy atom. The smallest absolute Gasteiger partial charge is 0.407 e. The summed E-state index contributed by atoms with van der Waals surface area (Å²) in [5, 5.41) is 12.2. The first-order chi connectivity index (χ1) is 19.8. The Bertz CT molecular complexity index is 1390. The zero-order valence-corrected chi connectivity index (χ0v) is 22.8. The molecule has 41 heavy (non-hydrogen) atoms. The molecule has 214 valence electrons. The maximum Gasteiger partial charge on any atom is 0.407 e. The quantitative estimate of drug-likeness (QED) is 0.244. The van der Waals surface area contributed by atoms with Crippen LogP contribution in [0.3, 0.4) is 0 Å². The van der Waals surface area contributed by atoms with Crippen molar-refractivity contribution in [3.63, 3.8) is 0 Å². The standard InChI is InChI=1S/C31H31NO9/c1-3-38-28(33)18-40-27-14-13-19(15-24(27)30(36)39-4-2)16-26(29(34)35)32-31(37)41-17-25-22-11-7-5-9-20(22)21-10-6-8-12-23(21)25/h5-15,25-26H,3-4,16-18H2,1-2H3,(H,32,37)(H,34,35)/t26-/m0/s1. The van der Waals surface area contributed by atoms with Gasteiger partial charge in [-0.25, -0.2) is 19.2 Å². The largest absolute Gasteiger partial charge is 0.481 e. The first-order valence-corrected chi connectivity index (χ1v) is 13.2. The number of benzene rings is 3. The number of amides is 1. The topological polar surface area (TPSA) is 137 Å². The van der Waals surface area contributed by atoms with E-state index >= 15 is 0 Å². The molecule has 1 aliphatic carbocycles. The molecule has 10 heteroatoms. The molecule has 2 N–H and O–H groups in total. The number of aliphatic carboxylic acids is 1. The third-order valence-electron chi connectivity index (χ3n) is 6.56. The number of hydrogen-bond acceptors (Lipinski definition) is 8. The maximum atomic E-state index is 12.7. The van der Waals surface area contributed by atoms with E-state index in [2.05, 4.69) is 5.32 Å². The average Bonchev–Trinajstić information content (AvgIpc) is 3.28. The molecule has 1 amide bonds. The lowest BCUT2D eigenvalue weighted by molar-refractivity contribution is -0.145. The summed E-state index contributed by atoms with van der Waals surface area (Å²) in [7, 11) is 0. The van der Waals surface area contributed by atoms with E-state index < -0.39 is 36.6 Å². The van der Waals surface area contributed by atoms with Crippen LogP contribution in [-0.4, -0.2) is 61.6 Å². The molecule has 3 aromatic carbocycles. The van der Waals surface area contributed by atoms with Gasteiger partial charge in [-0.05, 0) is 53.8 Å². The van der Waals surface area contributed by atoms with Crippen LogP contribution in [0.2, 0.25) is 0 Å². The number of hydrogen-bond donors (Lipinski definition) is 2.